The van der Waals surface area contributed by atoms with Gasteiger partial charge in [-0.2, -0.15) is 0 Å². The second kappa shape index (κ2) is 7.02. The van der Waals surface area contributed by atoms with Crippen LogP contribution in [0.15, 0.2) is 30.3 Å². The van der Waals surface area contributed by atoms with E-state index in [2.05, 4.69) is 10.6 Å². The van der Waals surface area contributed by atoms with Crippen molar-refractivity contribution >= 4 is 28.0 Å². The molecular formula is C17H20N4O2S. The van der Waals surface area contributed by atoms with E-state index in [9.17, 15) is 4.79 Å². The van der Waals surface area contributed by atoms with Crippen LogP contribution < -0.4 is 10.6 Å². The molecule has 0 aliphatic carbocycles. The number of ether oxygens (including phenoxy) is 1. The minimum atomic E-state index is -0.0906. The summed E-state index contributed by atoms with van der Waals surface area (Å²) in [6.45, 7) is 3.19. The van der Waals surface area contributed by atoms with Gasteiger partial charge in [-0.15, -0.1) is 0 Å². The van der Waals surface area contributed by atoms with Crippen molar-refractivity contribution in [1.82, 2.24) is 14.7 Å². The van der Waals surface area contributed by atoms with Crippen molar-refractivity contribution in [2.24, 2.45) is 0 Å². The van der Waals surface area contributed by atoms with Crippen molar-refractivity contribution in [2.45, 2.75) is 6.92 Å². The molecule has 24 heavy (non-hydrogen) atoms. The number of methoxy groups -OCH3 is 1. The first kappa shape index (κ1) is 16.5. The van der Waals surface area contributed by atoms with Gasteiger partial charge in [-0.1, -0.05) is 41.7 Å². The van der Waals surface area contributed by atoms with Gasteiger partial charge in [-0.05, 0) is 6.92 Å². The summed E-state index contributed by atoms with van der Waals surface area (Å²) < 4.78 is 7.14. The molecule has 2 heterocycles. The fourth-order valence-corrected chi connectivity index (χ4v) is 3.67. The van der Waals surface area contributed by atoms with Crippen molar-refractivity contribution in [3.63, 3.8) is 0 Å². The van der Waals surface area contributed by atoms with Gasteiger partial charge in [0.1, 0.15) is 16.4 Å². The second-order valence-corrected chi connectivity index (χ2v) is 6.29. The summed E-state index contributed by atoms with van der Waals surface area (Å²) in [7, 11) is 3.31. The molecule has 0 fully saturated rings. The Labute approximate surface area is 144 Å². The zero-order valence-corrected chi connectivity index (χ0v) is 14.7. The fraction of sp³-hybridized carbons (Fsp3) is 0.294. The third kappa shape index (κ3) is 2.88. The number of fused-ring (bicyclic) bond motifs is 1. The Morgan fingerprint density at radius 3 is 2.75 bits per heavy atom. The van der Waals surface area contributed by atoms with E-state index in [4.69, 9.17) is 9.72 Å². The number of benzene rings is 1. The number of anilines is 1. The molecule has 0 spiro atoms. The Bertz CT molecular complexity index is 854. The van der Waals surface area contributed by atoms with Gasteiger partial charge in [0.05, 0.1) is 6.61 Å². The molecule has 7 heteroatoms. The summed E-state index contributed by atoms with van der Waals surface area (Å²) in [6, 6.07) is 10.0. The Kier molecular flexibility index (Phi) is 4.82. The maximum Gasteiger partial charge on any atom is 0.263 e. The maximum atomic E-state index is 12.0. The molecule has 1 aromatic carbocycles. The molecule has 0 aliphatic rings. The highest BCUT2D eigenvalue weighted by molar-refractivity contribution is 7.19. The summed E-state index contributed by atoms with van der Waals surface area (Å²) in [5.74, 6) is 0.796. The first-order valence-corrected chi connectivity index (χ1v) is 8.51. The molecule has 126 valence electrons. The van der Waals surface area contributed by atoms with E-state index in [1.165, 1.54) is 11.3 Å². The molecule has 0 atom stereocenters. The average molecular weight is 344 g/mol. The number of hydrogen-bond donors (Lipinski definition) is 2. The van der Waals surface area contributed by atoms with Gasteiger partial charge in [-0.3, -0.25) is 9.20 Å². The topological polar surface area (TPSA) is 67.7 Å². The normalized spacial score (nSPS) is 11.0. The van der Waals surface area contributed by atoms with Crippen LogP contribution >= 0.6 is 11.3 Å². The Morgan fingerprint density at radius 2 is 2.08 bits per heavy atom. The summed E-state index contributed by atoms with van der Waals surface area (Å²) in [5.41, 5.74) is 2.79. The molecule has 3 aromatic rings. The molecule has 2 N–H and O–H groups in total. The zero-order valence-electron chi connectivity index (χ0n) is 13.9. The molecule has 1 amide bonds. The summed E-state index contributed by atoms with van der Waals surface area (Å²) in [5, 5.41) is 6.08. The van der Waals surface area contributed by atoms with Crippen LogP contribution in [0.3, 0.4) is 0 Å². The van der Waals surface area contributed by atoms with Crippen molar-refractivity contribution < 1.29 is 9.53 Å². The smallest absolute Gasteiger partial charge is 0.263 e. The number of carbonyl (C=O) groups excluding carboxylic acids is 1. The van der Waals surface area contributed by atoms with E-state index in [0.717, 1.165) is 27.7 Å². The number of nitrogens with zero attached hydrogens (tertiary/aromatic N) is 2. The first-order chi connectivity index (χ1) is 11.7. The fourth-order valence-electron chi connectivity index (χ4n) is 2.60. The number of imidazole rings is 1. The monoisotopic (exact) mass is 344 g/mol. The van der Waals surface area contributed by atoms with Crippen LogP contribution in [0.2, 0.25) is 0 Å². The standard InChI is InChI=1S/C17H20N4O2S/c1-11-14(16(22)18-2)24-17-20-13(12-7-5-4-6-8-12)15(21(11)17)19-9-10-23-3/h4-8,19H,9-10H2,1-3H3,(H,18,22). The molecule has 2 aromatic heterocycles. The molecule has 3 rings (SSSR count). The molecule has 0 aliphatic heterocycles. The molecule has 0 radical (unpaired) electrons. The van der Waals surface area contributed by atoms with Gasteiger partial charge in [0, 0.05) is 32.0 Å². The number of aryl methyl sites for hydroxylation is 1. The van der Waals surface area contributed by atoms with Crippen LogP contribution in [-0.2, 0) is 4.74 Å². The van der Waals surface area contributed by atoms with Crippen LogP contribution in [0.25, 0.3) is 16.2 Å². The lowest BCUT2D eigenvalue weighted by molar-refractivity contribution is 0.0966. The minimum Gasteiger partial charge on any atom is -0.383 e. The number of rotatable bonds is 6. The quantitative estimate of drug-likeness (QED) is 0.675. The Morgan fingerprint density at radius 1 is 1.33 bits per heavy atom. The van der Waals surface area contributed by atoms with Gasteiger partial charge in [-0.25, -0.2) is 4.98 Å². The lowest BCUT2D eigenvalue weighted by Crippen LogP contribution is -2.18. The zero-order chi connectivity index (χ0) is 17.1. The van der Waals surface area contributed by atoms with Crippen molar-refractivity contribution in [3.05, 3.63) is 40.9 Å². The predicted octanol–water partition coefficient (Wildman–Crippen LogP) is 2.79. The van der Waals surface area contributed by atoms with Crippen LogP contribution in [0.1, 0.15) is 15.4 Å². The SMILES string of the molecule is CNC(=O)c1sc2nc(-c3ccccc3)c(NCCOC)n2c1C. The van der Waals surface area contributed by atoms with Gasteiger partial charge in [0.15, 0.2) is 4.96 Å². The number of carbonyl (C=O) groups is 1. The van der Waals surface area contributed by atoms with E-state index in [1.54, 1.807) is 14.2 Å². The highest BCUT2D eigenvalue weighted by Gasteiger charge is 2.22. The highest BCUT2D eigenvalue weighted by atomic mass is 32.1. The Hall–Kier alpha value is -2.38. The van der Waals surface area contributed by atoms with Crippen LogP contribution in [-0.4, -0.2) is 42.6 Å². The highest BCUT2D eigenvalue weighted by Crippen LogP contribution is 2.34. The van der Waals surface area contributed by atoms with Crippen LogP contribution in [0.4, 0.5) is 5.82 Å². The largest absolute Gasteiger partial charge is 0.383 e. The molecule has 0 saturated heterocycles. The number of thiazole rings is 1. The molecule has 0 bridgehead atoms. The molecule has 6 nitrogen and oxygen atoms in total. The van der Waals surface area contributed by atoms with E-state index in [-0.39, 0.29) is 5.91 Å². The van der Waals surface area contributed by atoms with E-state index >= 15 is 0 Å². The summed E-state index contributed by atoms with van der Waals surface area (Å²) in [4.78, 5) is 18.3. The second-order valence-electron chi connectivity index (χ2n) is 5.31. The van der Waals surface area contributed by atoms with Crippen LogP contribution in [0, 0.1) is 6.92 Å². The van der Waals surface area contributed by atoms with Gasteiger partial charge >= 0.3 is 0 Å². The van der Waals surface area contributed by atoms with E-state index in [0.29, 0.717) is 18.0 Å². The maximum absolute atomic E-state index is 12.0. The third-order valence-electron chi connectivity index (χ3n) is 3.78. The van der Waals surface area contributed by atoms with Crippen molar-refractivity contribution in [3.8, 4) is 11.3 Å². The number of amides is 1. The number of nitrogens with one attached hydrogen (secondary N) is 2. The third-order valence-corrected chi connectivity index (χ3v) is 4.92. The lowest BCUT2D eigenvalue weighted by Gasteiger charge is -2.09. The number of aromatic nitrogens is 2. The minimum absolute atomic E-state index is 0.0906. The van der Waals surface area contributed by atoms with Gasteiger partial charge < -0.3 is 15.4 Å². The average Bonchev–Trinajstić information content (AvgIpc) is 3.13. The van der Waals surface area contributed by atoms with Gasteiger partial charge in [0.25, 0.3) is 5.91 Å². The van der Waals surface area contributed by atoms with Crippen molar-refractivity contribution in [2.75, 3.05) is 32.6 Å². The summed E-state index contributed by atoms with van der Waals surface area (Å²) >= 11 is 1.39. The predicted molar refractivity (Wildman–Crippen MR) is 97.0 cm³/mol. The van der Waals surface area contributed by atoms with E-state index in [1.807, 2.05) is 41.7 Å². The van der Waals surface area contributed by atoms with Crippen LogP contribution in [0.5, 0.6) is 0 Å². The van der Waals surface area contributed by atoms with E-state index < -0.39 is 0 Å². The summed E-state index contributed by atoms with van der Waals surface area (Å²) in [6.07, 6.45) is 0. The molecular weight excluding hydrogens is 324 g/mol. The number of hydrogen-bond acceptors (Lipinski definition) is 5. The molecule has 0 unspecified atom stereocenters. The Balaban J connectivity index is 2.14. The lowest BCUT2D eigenvalue weighted by atomic mass is 10.1. The molecule has 0 saturated carbocycles. The van der Waals surface area contributed by atoms with Gasteiger partial charge in [0.2, 0.25) is 0 Å². The van der Waals surface area contributed by atoms with Crippen molar-refractivity contribution in [1.29, 1.82) is 0 Å². The first-order valence-electron chi connectivity index (χ1n) is 7.69.